The molecule has 4 nitrogen and oxygen atoms in total. The molecule has 1 aromatic carbocycles. The second-order valence-electron chi connectivity index (χ2n) is 4.61. The summed E-state index contributed by atoms with van der Waals surface area (Å²) in [5.74, 6) is -0.361. The Labute approximate surface area is 114 Å². The van der Waals surface area contributed by atoms with Gasteiger partial charge in [-0.05, 0) is 25.5 Å². The Hall–Kier alpha value is -1.84. The fourth-order valence-electron chi connectivity index (χ4n) is 1.63. The Morgan fingerprint density at radius 1 is 1.05 bits per heavy atom. The predicted molar refractivity (Wildman–Crippen MR) is 76.0 cm³/mol. The predicted octanol–water partition coefficient (Wildman–Crippen LogP) is 2.03. The molecule has 2 N–H and O–H groups in total. The summed E-state index contributed by atoms with van der Waals surface area (Å²) in [5.41, 5.74) is 1.68. The summed E-state index contributed by atoms with van der Waals surface area (Å²) in [5, 5.41) is 5.39. The molecule has 0 aliphatic rings. The molecular weight excluding hydrogens is 240 g/mol. The van der Waals surface area contributed by atoms with Gasteiger partial charge in [-0.2, -0.15) is 0 Å². The molecule has 1 aromatic rings. The number of carbonyl (C=O) groups is 2. The molecule has 0 saturated heterocycles. The molecule has 0 fully saturated rings. The van der Waals surface area contributed by atoms with E-state index in [4.69, 9.17) is 0 Å². The highest BCUT2D eigenvalue weighted by Crippen LogP contribution is 2.02. The van der Waals surface area contributed by atoms with Crippen molar-refractivity contribution in [2.45, 2.75) is 33.1 Å². The molecule has 0 aromatic heterocycles. The molecule has 4 heteroatoms. The molecule has 0 spiro atoms. The van der Waals surface area contributed by atoms with Gasteiger partial charge in [0.1, 0.15) is 0 Å². The van der Waals surface area contributed by atoms with Gasteiger partial charge in [0.05, 0.1) is 6.54 Å². The third-order valence-corrected chi connectivity index (χ3v) is 2.83. The second kappa shape index (κ2) is 8.29. The normalized spacial score (nSPS) is 10.0. The lowest BCUT2D eigenvalue weighted by Crippen LogP contribution is -2.37. The van der Waals surface area contributed by atoms with Crippen LogP contribution in [0.1, 0.15) is 42.1 Å². The first-order valence-corrected chi connectivity index (χ1v) is 6.75. The first-order chi connectivity index (χ1) is 9.13. The van der Waals surface area contributed by atoms with Gasteiger partial charge in [-0.15, -0.1) is 0 Å². The minimum atomic E-state index is -0.219. The topological polar surface area (TPSA) is 58.2 Å². The zero-order valence-corrected chi connectivity index (χ0v) is 11.7. The van der Waals surface area contributed by atoms with E-state index in [-0.39, 0.29) is 18.4 Å². The standard InChI is InChI=1S/C15H22N2O2/c1-3-4-5-10-16-14(18)11-17-15(19)13-8-6-12(2)7-9-13/h6-9H,3-5,10-11H2,1-2H3,(H,16,18)(H,17,19). The van der Waals surface area contributed by atoms with Gasteiger partial charge in [-0.3, -0.25) is 9.59 Å². The summed E-state index contributed by atoms with van der Waals surface area (Å²) in [6.45, 7) is 4.78. The van der Waals surface area contributed by atoms with E-state index in [1.54, 1.807) is 12.1 Å². The van der Waals surface area contributed by atoms with Gasteiger partial charge >= 0.3 is 0 Å². The molecule has 2 amide bonds. The molecule has 19 heavy (non-hydrogen) atoms. The summed E-state index contributed by atoms with van der Waals surface area (Å²) < 4.78 is 0. The van der Waals surface area contributed by atoms with Gasteiger partial charge in [0.25, 0.3) is 5.91 Å². The van der Waals surface area contributed by atoms with E-state index in [0.717, 1.165) is 24.8 Å². The van der Waals surface area contributed by atoms with Crippen molar-refractivity contribution in [1.29, 1.82) is 0 Å². The lowest BCUT2D eigenvalue weighted by atomic mass is 10.1. The summed E-state index contributed by atoms with van der Waals surface area (Å²) in [6, 6.07) is 7.26. The summed E-state index contributed by atoms with van der Waals surface area (Å²) in [7, 11) is 0. The van der Waals surface area contributed by atoms with Crippen molar-refractivity contribution in [3.05, 3.63) is 35.4 Å². The maximum atomic E-state index is 11.7. The SMILES string of the molecule is CCCCCNC(=O)CNC(=O)c1ccc(C)cc1. The molecule has 0 heterocycles. The lowest BCUT2D eigenvalue weighted by Gasteiger charge is -2.07. The summed E-state index contributed by atoms with van der Waals surface area (Å²) in [4.78, 5) is 23.2. The number of unbranched alkanes of at least 4 members (excludes halogenated alkanes) is 2. The van der Waals surface area contributed by atoms with Crippen LogP contribution in [0.15, 0.2) is 24.3 Å². The molecule has 0 aliphatic carbocycles. The molecule has 0 bridgehead atoms. The number of carbonyl (C=O) groups excluding carboxylic acids is 2. The van der Waals surface area contributed by atoms with Crippen molar-refractivity contribution in [2.24, 2.45) is 0 Å². The number of amides is 2. The third-order valence-electron chi connectivity index (χ3n) is 2.83. The molecule has 0 unspecified atom stereocenters. The average molecular weight is 262 g/mol. The van der Waals surface area contributed by atoms with E-state index >= 15 is 0 Å². The Bertz CT molecular complexity index is 413. The van der Waals surface area contributed by atoms with Crippen molar-refractivity contribution >= 4 is 11.8 Å². The number of rotatable bonds is 7. The zero-order chi connectivity index (χ0) is 14.1. The van der Waals surface area contributed by atoms with Gasteiger partial charge in [0, 0.05) is 12.1 Å². The van der Waals surface area contributed by atoms with Crippen LogP contribution in [0, 0.1) is 6.92 Å². The smallest absolute Gasteiger partial charge is 0.251 e. The van der Waals surface area contributed by atoms with Crippen LogP contribution in [-0.2, 0) is 4.79 Å². The molecule has 104 valence electrons. The van der Waals surface area contributed by atoms with Crippen molar-refractivity contribution < 1.29 is 9.59 Å². The zero-order valence-electron chi connectivity index (χ0n) is 11.7. The Morgan fingerprint density at radius 2 is 1.74 bits per heavy atom. The van der Waals surface area contributed by atoms with Crippen LogP contribution in [-0.4, -0.2) is 24.9 Å². The quantitative estimate of drug-likeness (QED) is 0.739. The van der Waals surface area contributed by atoms with Crippen molar-refractivity contribution in [3.63, 3.8) is 0 Å². The van der Waals surface area contributed by atoms with Gasteiger partial charge < -0.3 is 10.6 Å². The van der Waals surface area contributed by atoms with Crippen LogP contribution in [0.3, 0.4) is 0 Å². The Morgan fingerprint density at radius 3 is 2.37 bits per heavy atom. The molecular formula is C15H22N2O2. The molecule has 1 rings (SSSR count). The third kappa shape index (κ3) is 6.04. The first kappa shape index (κ1) is 15.2. The van der Waals surface area contributed by atoms with E-state index in [9.17, 15) is 9.59 Å². The Kier molecular flexibility index (Phi) is 6.64. The monoisotopic (exact) mass is 262 g/mol. The maximum Gasteiger partial charge on any atom is 0.251 e. The van der Waals surface area contributed by atoms with Crippen LogP contribution in [0.5, 0.6) is 0 Å². The lowest BCUT2D eigenvalue weighted by molar-refractivity contribution is -0.120. The minimum absolute atomic E-state index is 0.0266. The average Bonchev–Trinajstić information content (AvgIpc) is 2.42. The molecule has 0 atom stereocenters. The summed E-state index contributed by atoms with van der Waals surface area (Å²) >= 11 is 0. The Balaban J connectivity index is 2.26. The highest BCUT2D eigenvalue weighted by Gasteiger charge is 2.07. The van der Waals surface area contributed by atoms with Crippen molar-refractivity contribution in [1.82, 2.24) is 10.6 Å². The van der Waals surface area contributed by atoms with Crippen LogP contribution >= 0.6 is 0 Å². The van der Waals surface area contributed by atoms with Crippen LogP contribution in [0.4, 0.5) is 0 Å². The highest BCUT2D eigenvalue weighted by molar-refractivity contribution is 5.96. The summed E-state index contributed by atoms with van der Waals surface area (Å²) in [6.07, 6.45) is 3.21. The van der Waals surface area contributed by atoms with Gasteiger partial charge in [-0.25, -0.2) is 0 Å². The van der Waals surface area contributed by atoms with Crippen molar-refractivity contribution in [2.75, 3.05) is 13.1 Å². The van der Waals surface area contributed by atoms with Gasteiger partial charge in [0.15, 0.2) is 0 Å². The van der Waals surface area contributed by atoms with Crippen LogP contribution in [0.25, 0.3) is 0 Å². The first-order valence-electron chi connectivity index (χ1n) is 6.75. The number of nitrogens with one attached hydrogen (secondary N) is 2. The van der Waals surface area contributed by atoms with Crippen molar-refractivity contribution in [3.8, 4) is 0 Å². The number of benzene rings is 1. The number of aryl methyl sites for hydroxylation is 1. The van der Waals surface area contributed by atoms with E-state index in [1.807, 2.05) is 19.1 Å². The van der Waals surface area contributed by atoms with E-state index in [0.29, 0.717) is 12.1 Å². The second-order valence-corrected chi connectivity index (χ2v) is 4.61. The largest absolute Gasteiger partial charge is 0.355 e. The fraction of sp³-hybridized carbons (Fsp3) is 0.467. The van der Waals surface area contributed by atoms with E-state index in [1.165, 1.54) is 0 Å². The van der Waals surface area contributed by atoms with Crippen LogP contribution in [0.2, 0.25) is 0 Å². The highest BCUT2D eigenvalue weighted by atomic mass is 16.2. The number of hydrogen-bond donors (Lipinski definition) is 2. The molecule has 0 radical (unpaired) electrons. The van der Waals surface area contributed by atoms with E-state index < -0.39 is 0 Å². The maximum absolute atomic E-state index is 11.7. The van der Waals surface area contributed by atoms with E-state index in [2.05, 4.69) is 17.6 Å². The molecule has 0 aliphatic heterocycles. The minimum Gasteiger partial charge on any atom is -0.355 e. The van der Waals surface area contributed by atoms with Gasteiger partial charge in [-0.1, -0.05) is 37.5 Å². The molecule has 0 saturated carbocycles. The number of hydrogen-bond acceptors (Lipinski definition) is 2. The fourth-order valence-corrected chi connectivity index (χ4v) is 1.63. The van der Waals surface area contributed by atoms with Crippen LogP contribution < -0.4 is 10.6 Å². The van der Waals surface area contributed by atoms with Gasteiger partial charge in [0.2, 0.25) is 5.91 Å².